The van der Waals surface area contributed by atoms with E-state index < -0.39 is 0 Å². The van der Waals surface area contributed by atoms with Crippen molar-refractivity contribution >= 4 is 61.9 Å². The molecule has 1 N–H and O–H groups in total. The third kappa shape index (κ3) is 3.84. The van der Waals surface area contributed by atoms with Gasteiger partial charge in [0.1, 0.15) is 0 Å². The fourth-order valence-corrected chi connectivity index (χ4v) is 4.75. The first-order valence-electron chi connectivity index (χ1n) is 9.22. The molecule has 0 amide bonds. The quantitative estimate of drug-likeness (QED) is 0.670. The molecule has 0 bridgehead atoms. The zero-order valence-electron chi connectivity index (χ0n) is 15.4. The van der Waals surface area contributed by atoms with Gasteiger partial charge in [-0.05, 0) is 44.0 Å². The third-order valence-electron chi connectivity index (χ3n) is 4.91. The molecule has 0 saturated carbocycles. The van der Waals surface area contributed by atoms with E-state index in [0.717, 1.165) is 52.4 Å². The normalized spacial score (nSPS) is 17.9. The fourth-order valence-electron chi connectivity index (χ4n) is 3.43. The molecule has 0 spiro atoms. The van der Waals surface area contributed by atoms with E-state index in [2.05, 4.69) is 30.8 Å². The van der Waals surface area contributed by atoms with Crippen LogP contribution in [0.25, 0.3) is 11.6 Å². The molecule has 2 aromatic rings. The van der Waals surface area contributed by atoms with E-state index in [1.165, 1.54) is 11.3 Å². The number of esters is 1. The second-order valence-electron chi connectivity index (χ2n) is 6.72. The fraction of sp³-hybridized carbons (Fsp3) is 0.350. The highest BCUT2D eigenvalue weighted by Gasteiger charge is 2.28. The van der Waals surface area contributed by atoms with Crippen LogP contribution in [-0.4, -0.2) is 42.0 Å². The molecule has 1 fully saturated rings. The van der Waals surface area contributed by atoms with Crippen LogP contribution < -0.4 is 4.90 Å². The van der Waals surface area contributed by atoms with Crippen molar-refractivity contribution in [2.75, 3.05) is 24.6 Å². The molecule has 0 aliphatic carbocycles. The number of piperidine rings is 1. The maximum Gasteiger partial charge on any atom is 0.309 e. The number of allylic oxidation sites excluding steroid dienone is 1. The Morgan fingerprint density at radius 3 is 2.96 bits per heavy atom. The van der Waals surface area contributed by atoms with Crippen LogP contribution in [0.1, 0.15) is 30.2 Å². The molecular weight excluding hydrogens is 442 g/mol. The molecule has 6 nitrogen and oxygen atoms in total. The molecule has 0 radical (unpaired) electrons. The van der Waals surface area contributed by atoms with Crippen LogP contribution in [-0.2, 0) is 9.53 Å². The Labute approximate surface area is 175 Å². The van der Waals surface area contributed by atoms with Gasteiger partial charge in [-0.25, -0.2) is 0 Å². The molecule has 1 aromatic heterocycles. The number of carbonyl (C=O) groups excluding carboxylic acids is 1. The summed E-state index contributed by atoms with van der Waals surface area (Å²) in [6, 6.07) is 5.94. The van der Waals surface area contributed by atoms with Crippen molar-refractivity contribution in [1.29, 1.82) is 0 Å². The molecular formula is C20H20BrN3O3S. The van der Waals surface area contributed by atoms with E-state index in [1.807, 2.05) is 31.2 Å². The number of nitrogens with zero attached hydrogens (tertiary/aromatic N) is 3. The van der Waals surface area contributed by atoms with Crippen LogP contribution in [0.4, 0.5) is 10.8 Å². The first kappa shape index (κ1) is 19.1. The predicted molar refractivity (Wildman–Crippen MR) is 116 cm³/mol. The number of aromatic hydroxyl groups is 1. The van der Waals surface area contributed by atoms with Crippen LogP contribution >= 0.6 is 27.3 Å². The van der Waals surface area contributed by atoms with Crippen molar-refractivity contribution < 1.29 is 14.6 Å². The average Bonchev–Trinajstić information content (AvgIpc) is 3.26. The Kier molecular flexibility index (Phi) is 5.50. The standard InChI is InChI=1S/C20H20BrN3O3S/c1-2-27-19(26)12-5-7-24(8-6-12)20-23-18(25)17(28-20)9-13-11-22-16-4-3-14(21)10-15(13)16/h3-4,9-12,25H,2,5-8H2,1H3. The van der Waals surface area contributed by atoms with Crippen LogP contribution in [0, 0.1) is 5.92 Å². The molecule has 0 atom stereocenters. The number of carbonyl (C=O) groups is 1. The molecule has 4 rings (SSSR count). The summed E-state index contributed by atoms with van der Waals surface area (Å²) in [5.74, 6) is -0.132. The van der Waals surface area contributed by atoms with Gasteiger partial charge in [-0.1, -0.05) is 27.3 Å². The van der Waals surface area contributed by atoms with Crippen LogP contribution in [0.5, 0.6) is 5.88 Å². The third-order valence-corrected chi connectivity index (χ3v) is 6.45. The number of ether oxygens (including phenoxy) is 1. The number of aromatic nitrogens is 1. The van der Waals surface area contributed by atoms with Crippen molar-refractivity contribution in [3.05, 3.63) is 33.1 Å². The van der Waals surface area contributed by atoms with Crippen LogP contribution in [0.3, 0.4) is 0 Å². The zero-order valence-corrected chi connectivity index (χ0v) is 17.8. The smallest absolute Gasteiger partial charge is 0.309 e. The number of halogens is 1. The van der Waals surface area contributed by atoms with E-state index in [9.17, 15) is 9.90 Å². The molecule has 2 aliphatic heterocycles. The first-order valence-corrected chi connectivity index (χ1v) is 10.8. The summed E-state index contributed by atoms with van der Waals surface area (Å²) in [7, 11) is 0. The maximum atomic E-state index is 11.9. The molecule has 146 valence electrons. The summed E-state index contributed by atoms with van der Waals surface area (Å²) in [6.07, 6.45) is 5.21. The largest absolute Gasteiger partial charge is 0.492 e. The van der Waals surface area contributed by atoms with E-state index in [1.54, 1.807) is 6.21 Å². The lowest BCUT2D eigenvalue weighted by atomic mass is 9.97. The monoisotopic (exact) mass is 461 g/mol. The molecule has 2 aliphatic rings. The first-order chi connectivity index (χ1) is 13.5. The van der Waals surface area contributed by atoms with E-state index in [0.29, 0.717) is 11.5 Å². The number of aliphatic imine (C=N–C) groups is 1. The Morgan fingerprint density at radius 1 is 1.43 bits per heavy atom. The number of hydrogen-bond donors (Lipinski definition) is 1. The van der Waals surface area contributed by atoms with Crippen LogP contribution in [0.15, 0.2) is 27.7 Å². The summed E-state index contributed by atoms with van der Waals surface area (Å²) in [6.45, 7) is 3.70. The highest BCUT2D eigenvalue weighted by molar-refractivity contribution is 9.10. The van der Waals surface area contributed by atoms with Crippen molar-refractivity contribution in [3.63, 3.8) is 0 Å². The summed E-state index contributed by atoms with van der Waals surface area (Å²) in [5.41, 5.74) is 2.89. The van der Waals surface area contributed by atoms with Gasteiger partial charge in [-0.2, -0.15) is 4.98 Å². The van der Waals surface area contributed by atoms with Crippen LogP contribution in [0.2, 0.25) is 0 Å². The Hall–Kier alpha value is -2.19. The van der Waals surface area contributed by atoms with E-state index in [-0.39, 0.29) is 17.8 Å². The second-order valence-corrected chi connectivity index (χ2v) is 8.64. The van der Waals surface area contributed by atoms with Gasteiger partial charge in [-0.3, -0.25) is 9.79 Å². The number of hydrogen-bond acceptors (Lipinski definition) is 7. The minimum atomic E-state index is -0.111. The maximum absolute atomic E-state index is 11.9. The second kappa shape index (κ2) is 8.05. The van der Waals surface area contributed by atoms with Gasteiger partial charge in [0.2, 0.25) is 5.88 Å². The number of rotatable bonds is 4. The summed E-state index contributed by atoms with van der Waals surface area (Å²) >= 11 is 4.94. The number of thiazole rings is 1. The number of fused-ring (bicyclic) bond motifs is 1. The van der Waals surface area contributed by atoms with Crippen molar-refractivity contribution in [3.8, 4) is 5.88 Å². The van der Waals surface area contributed by atoms with E-state index in [4.69, 9.17) is 4.74 Å². The number of benzene rings is 1. The highest BCUT2D eigenvalue weighted by Crippen LogP contribution is 2.39. The summed E-state index contributed by atoms with van der Waals surface area (Å²) in [5, 5.41) is 11.1. The number of anilines is 1. The molecule has 8 heteroatoms. The lowest BCUT2D eigenvalue weighted by Gasteiger charge is -2.30. The topological polar surface area (TPSA) is 75.0 Å². The SMILES string of the molecule is CCOC(=O)C1CCN(c2nc(O)c(C=C3C=Nc4ccc(Br)cc43)s2)CC1. The van der Waals surface area contributed by atoms with Gasteiger partial charge < -0.3 is 14.7 Å². The lowest BCUT2D eigenvalue weighted by Crippen LogP contribution is -2.36. The van der Waals surface area contributed by atoms with Crippen molar-refractivity contribution in [2.45, 2.75) is 19.8 Å². The summed E-state index contributed by atoms with van der Waals surface area (Å²) < 4.78 is 6.11. The van der Waals surface area contributed by atoms with Gasteiger partial charge >= 0.3 is 5.97 Å². The Bertz CT molecular complexity index is 962. The Morgan fingerprint density at radius 2 is 2.21 bits per heavy atom. The molecule has 1 saturated heterocycles. The highest BCUT2D eigenvalue weighted by atomic mass is 79.9. The predicted octanol–water partition coefficient (Wildman–Crippen LogP) is 4.65. The molecule has 1 aromatic carbocycles. The summed E-state index contributed by atoms with van der Waals surface area (Å²) in [4.78, 5) is 23.5. The van der Waals surface area contributed by atoms with Gasteiger partial charge in [0.05, 0.1) is 23.1 Å². The molecule has 0 unspecified atom stereocenters. The van der Waals surface area contributed by atoms with Gasteiger partial charge in [0, 0.05) is 34.9 Å². The zero-order chi connectivity index (χ0) is 19.7. The molecule has 3 heterocycles. The minimum absolute atomic E-state index is 0.0249. The van der Waals surface area contributed by atoms with Crippen molar-refractivity contribution in [2.24, 2.45) is 10.9 Å². The van der Waals surface area contributed by atoms with Gasteiger partial charge in [0.15, 0.2) is 5.13 Å². The minimum Gasteiger partial charge on any atom is -0.492 e. The van der Waals surface area contributed by atoms with E-state index >= 15 is 0 Å². The average molecular weight is 462 g/mol. The van der Waals surface area contributed by atoms with Gasteiger partial charge in [-0.15, -0.1) is 0 Å². The Balaban J connectivity index is 1.50. The van der Waals surface area contributed by atoms with Crippen molar-refractivity contribution in [1.82, 2.24) is 4.98 Å². The molecule has 28 heavy (non-hydrogen) atoms. The van der Waals surface area contributed by atoms with Gasteiger partial charge in [0.25, 0.3) is 0 Å². The lowest BCUT2D eigenvalue weighted by molar-refractivity contribution is -0.148.